The van der Waals surface area contributed by atoms with Gasteiger partial charge in [-0.2, -0.15) is 0 Å². The third-order valence-corrected chi connectivity index (χ3v) is 19.6. The van der Waals surface area contributed by atoms with Gasteiger partial charge in [-0.05, 0) is 154 Å². The number of carboxylic acid groups (broad SMARTS) is 2. The number of nitrogens with two attached hydrogens (primary N) is 9. The molecule has 0 aliphatic carbocycles. The summed E-state index contributed by atoms with van der Waals surface area (Å²) in [5.41, 5.74) is 52.1. The Bertz CT molecular complexity index is 3960. The molecule has 0 bridgehead atoms. The number of unbranched alkanes of at least 4 members (excludes halogenated alkanes) is 5. The van der Waals surface area contributed by atoms with Crippen LogP contribution in [0.25, 0.3) is 10.9 Å². The highest BCUT2D eigenvalue weighted by Crippen LogP contribution is 2.21. The summed E-state index contributed by atoms with van der Waals surface area (Å²) < 4.78 is 0. The van der Waals surface area contributed by atoms with Crippen molar-refractivity contribution >= 4 is 117 Å². The van der Waals surface area contributed by atoms with E-state index in [0.29, 0.717) is 68.0 Å². The van der Waals surface area contributed by atoms with Crippen molar-refractivity contribution in [2.24, 2.45) is 57.5 Å². The Hall–Kier alpha value is -11.8. The van der Waals surface area contributed by atoms with E-state index in [9.17, 15) is 96.8 Å². The van der Waals surface area contributed by atoms with E-state index in [2.05, 4.69) is 84.1 Å². The number of aromatic amines is 2. The van der Waals surface area contributed by atoms with Crippen molar-refractivity contribution in [2.45, 2.75) is 253 Å². The molecule has 0 unspecified atom stereocenters. The lowest BCUT2D eigenvalue weighted by Crippen LogP contribution is -2.63. The van der Waals surface area contributed by atoms with Crippen molar-refractivity contribution in [1.29, 1.82) is 0 Å². The number of hydrogen-bond acceptors (Lipinski definition) is 26. The SMILES string of the molecule is CC[C@H](C)[C@H](NC(=O)[C@H](CC(N)=O)NC(=O)[C@H](Cc1cnc[nH]1)NC(=O)[C@H](CCCCN)NC(=O)[C@H](Cc1c[nH]c2ccccc12)NC(=O)[C@H](CC(=O)O)NC(=O)[C@H](CC(N)=O)NC(=O)[C@H](CCCCN)NC(=O)[C@H](CCCCN)NC(=O)CNC(=O)[C@@H](N)CCCCN)C(=O)N[C@H](C(=O)N[C@@H](CCC(N)=O)C(=O)N[C@@H](CCCCN)C(=O)O)[C@@H](C)O. The number of para-hydroxylation sites is 1. The van der Waals surface area contributed by atoms with Gasteiger partial charge in [-0.15, -0.1) is 0 Å². The molecule has 2 heterocycles. The van der Waals surface area contributed by atoms with Crippen molar-refractivity contribution in [3.63, 3.8) is 0 Å². The Morgan fingerprint density at radius 1 is 0.418 bits per heavy atom. The van der Waals surface area contributed by atoms with Gasteiger partial charge in [0.05, 0.1) is 44.3 Å². The molecule has 122 heavy (non-hydrogen) atoms. The monoisotopic (exact) mass is 1720 g/mol. The molecule has 36 N–H and O–H groups in total. The number of nitrogens with zero attached hydrogens (tertiary/aromatic N) is 1. The van der Waals surface area contributed by atoms with Gasteiger partial charge in [-0.1, -0.05) is 44.9 Å². The van der Waals surface area contributed by atoms with Crippen molar-refractivity contribution in [3.05, 3.63) is 54.2 Å². The fourth-order valence-electron chi connectivity index (χ4n) is 12.6. The number of primary amides is 3. The molecule has 3 aromatic rings. The number of carbonyl (C=O) groups is 18. The fraction of sp³-hybridized carbons (Fsp3) is 0.618. The molecule has 46 heteroatoms. The van der Waals surface area contributed by atoms with Gasteiger partial charge in [0.15, 0.2) is 0 Å². The van der Waals surface area contributed by atoms with E-state index < -0.39 is 249 Å². The number of aliphatic carboxylic acids is 2. The minimum atomic E-state index is -2.14. The van der Waals surface area contributed by atoms with E-state index in [1.165, 1.54) is 25.6 Å². The molecular weight excluding hydrogens is 1600 g/mol. The molecule has 0 aliphatic heterocycles. The Kier molecular flexibility index (Phi) is 47.8. The normalized spacial score (nSPS) is 14.9. The number of aliphatic hydroxyl groups is 1. The molecule has 2 aromatic heterocycles. The summed E-state index contributed by atoms with van der Waals surface area (Å²) in [4.78, 5) is 257. The number of amides is 16. The van der Waals surface area contributed by atoms with Crippen molar-refractivity contribution in [2.75, 3.05) is 39.3 Å². The molecule has 0 spiro atoms. The van der Waals surface area contributed by atoms with E-state index in [-0.39, 0.29) is 89.7 Å². The van der Waals surface area contributed by atoms with E-state index in [0.717, 1.165) is 6.92 Å². The maximum Gasteiger partial charge on any atom is 0.326 e. The number of benzene rings is 1. The summed E-state index contributed by atoms with van der Waals surface area (Å²) in [7, 11) is 0. The van der Waals surface area contributed by atoms with Gasteiger partial charge in [0.25, 0.3) is 0 Å². The van der Waals surface area contributed by atoms with Crippen LogP contribution in [0.5, 0.6) is 0 Å². The topological polar surface area (TPSA) is 803 Å². The van der Waals surface area contributed by atoms with Crippen molar-refractivity contribution < 1.29 is 102 Å². The second-order valence-electron chi connectivity index (χ2n) is 29.6. The fourth-order valence-corrected chi connectivity index (χ4v) is 12.6. The molecule has 1 aromatic carbocycles. The number of hydrogen-bond donors (Lipinski definition) is 27. The quantitative estimate of drug-likeness (QED) is 0.0233. The molecule has 0 saturated carbocycles. The smallest absolute Gasteiger partial charge is 0.326 e. The summed E-state index contributed by atoms with van der Waals surface area (Å²) >= 11 is 0. The van der Waals surface area contributed by atoms with Crippen LogP contribution in [0.15, 0.2) is 43.0 Å². The number of rotatable bonds is 63. The first kappa shape index (κ1) is 104. The first-order valence-electron chi connectivity index (χ1n) is 40.6. The van der Waals surface area contributed by atoms with Gasteiger partial charge >= 0.3 is 11.9 Å². The molecule has 15 atom stereocenters. The first-order valence-corrected chi connectivity index (χ1v) is 40.6. The lowest BCUT2D eigenvalue weighted by Gasteiger charge is -2.30. The average Bonchev–Trinajstić information content (AvgIpc) is 1.71. The Balaban J connectivity index is 2.05. The number of fused-ring (bicyclic) bond motifs is 1. The minimum absolute atomic E-state index is 0.00776. The zero-order chi connectivity index (χ0) is 91.1. The highest BCUT2D eigenvalue weighted by atomic mass is 16.4. The molecule has 3 rings (SSSR count). The highest BCUT2D eigenvalue weighted by Gasteiger charge is 2.40. The number of carboxylic acids is 2. The molecule has 680 valence electrons. The molecule has 16 amide bonds. The number of aromatic nitrogens is 3. The van der Waals surface area contributed by atoms with Crippen LogP contribution in [0.4, 0.5) is 0 Å². The zero-order valence-corrected chi connectivity index (χ0v) is 69.0. The van der Waals surface area contributed by atoms with Gasteiger partial charge in [-0.25, -0.2) is 9.78 Å². The van der Waals surface area contributed by atoms with Crippen molar-refractivity contribution in [1.82, 2.24) is 84.1 Å². The third kappa shape index (κ3) is 38.3. The minimum Gasteiger partial charge on any atom is -0.481 e. The van der Waals surface area contributed by atoms with Crippen LogP contribution >= 0.6 is 0 Å². The first-order chi connectivity index (χ1) is 57.9. The molecule has 46 nitrogen and oxygen atoms in total. The average molecular weight is 1720 g/mol. The zero-order valence-electron chi connectivity index (χ0n) is 69.0. The number of imidazole rings is 1. The van der Waals surface area contributed by atoms with Crippen LogP contribution in [-0.2, 0) is 99.1 Å². The molecule has 0 aliphatic rings. The molecule has 0 fully saturated rings. The molecular formula is C76H125N25O21. The van der Waals surface area contributed by atoms with Gasteiger partial charge < -0.3 is 146 Å². The summed E-state index contributed by atoms with van der Waals surface area (Å²) in [5, 5.41) is 63.0. The van der Waals surface area contributed by atoms with E-state index in [1.54, 1.807) is 31.2 Å². The van der Waals surface area contributed by atoms with Gasteiger partial charge in [0.1, 0.15) is 72.5 Å². The number of carbonyl (C=O) groups excluding carboxylic acids is 16. The Morgan fingerprint density at radius 2 is 0.803 bits per heavy atom. The van der Waals surface area contributed by atoms with E-state index in [1.807, 2.05) is 0 Å². The molecule has 0 saturated heterocycles. The highest BCUT2D eigenvalue weighted by molar-refractivity contribution is 6.02. The van der Waals surface area contributed by atoms with Gasteiger partial charge in [0.2, 0.25) is 94.5 Å². The van der Waals surface area contributed by atoms with E-state index in [4.69, 9.17) is 51.6 Å². The van der Waals surface area contributed by atoms with Crippen LogP contribution in [0.1, 0.15) is 167 Å². The van der Waals surface area contributed by atoms with Crippen LogP contribution in [0.2, 0.25) is 0 Å². The van der Waals surface area contributed by atoms with Crippen LogP contribution in [0.3, 0.4) is 0 Å². The lowest BCUT2D eigenvalue weighted by molar-refractivity contribution is -0.143. The van der Waals surface area contributed by atoms with Crippen LogP contribution < -0.4 is 121 Å². The predicted molar refractivity (Wildman–Crippen MR) is 440 cm³/mol. The summed E-state index contributed by atoms with van der Waals surface area (Å²) in [5.74, 6) is -21.4. The summed E-state index contributed by atoms with van der Waals surface area (Å²) in [6.07, 6.45) is 0.652. The second-order valence-corrected chi connectivity index (χ2v) is 29.6. The lowest BCUT2D eigenvalue weighted by atomic mass is 9.96. The predicted octanol–water partition coefficient (Wildman–Crippen LogP) is -8.42. The summed E-state index contributed by atoms with van der Waals surface area (Å²) in [6, 6.07) is -15.1. The van der Waals surface area contributed by atoms with E-state index >= 15 is 4.79 Å². The number of H-pyrrole nitrogens is 2. The van der Waals surface area contributed by atoms with Gasteiger partial charge in [-0.3, -0.25) is 81.5 Å². The van der Waals surface area contributed by atoms with Crippen LogP contribution in [-0.4, -0.2) is 261 Å². The maximum absolute atomic E-state index is 15.1. The standard InChI is InChI=1S/C76H125N25O21/c1-4-40(2)62(74(119)101-63(41(3)102)75(120)93-50(24-25-57(83)103)68(113)94-51(76(121)122)23-11-16-30-81)100-73(118)55(34-59(85)105)98-70(115)53(32-43-37-86-39-89-43)96-66(111)49(22-10-15-29-80)92-69(114)52(31-42-36-87-46-19-6-5-17-44(42)46)95-72(117)56(35-61(107)108)99-71(116)54(33-58(84)104)97-67(112)48(21-9-14-28-79)91-65(110)47(20-8-13-27-78)90-60(106)38-88-64(109)45(82)18-7-12-26-77/h5-6,17,19,36-37,39-41,45,47-56,62-63,87,102H,4,7-16,18,20-35,38,77-82H2,1-3H3,(H2,83,103)(H2,84,104)(H2,85,105)(H,86,89)(H,88,109)(H,90,106)(H,91,110)(H,92,114)(H,93,120)(H,94,113)(H,95,117)(H,96,111)(H,97,112)(H,98,115)(H,99,116)(H,100,118)(H,101,119)(H,107,108)(H,121,122)/t40-,41+,45-,47-,48-,49-,50-,51-,52-,53-,54-,55-,56-,62-,63-/m0/s1. The van der Waals surface area contributed by atoms with Crippen molar-refractivity contribution in [3.8, 4) is 0 Å². The Morgan fingerprint density at radius 3 is 1.25 bits per heavy atom. The summed E-state index contributed by atoms with van der Waals surface area (Å²) in [6.45, 7) is 4.63. The van der Waals surface area contributed by atoms with Gasteiger partial charge in [0, 0.05) is 48.3 Å². The molecule has 0 radical (unpaired) electrons. The second kappa shape index (κ2) is 55.9. The number of nitrogens with one attached hydrogen (secondary N) is 15. The third-order valence-electron chi connectivity index (χ3n) is 19.6. The maximum atomic E-state index is 15.1. The number of aliphatic hydroxyl groups excluding tert-OH is 1. The van der Waals surface area contributed by atoms with Crippen LogP contribution in [0, 0.1) is 5.92 Å². The Labute approximate surface area is 704 Å². The largest absolute Gasteiger partial charge is 0.481 e.